The molecule has 18 heteroatoms. The quantitative estimate of drug-likeness (QED) is 0.103. The molecule has 2 aromatic carbocycles. The van der Waals surface area contributed by atoms with Gasteiger partial charge in [-0.05, 0) is 85.6 Å². The van der Waals surface area contributed by atoms with E-state index in [1.165, 1.54) is 52.7 Å². The van der Waals surface area contributed by atoms with Crippen LogP contribution < -0.4 is 20.0 Å². The van der Waals surface area contributed by atoms with Crippen LogP contribution in [0.3, 0.4) is 0 Å². The van der Waals surface area contributed by atoms with Crippen LogP contribution in [-0.4, -0.2) is 91.4 Å². The van der Waals surface area contributed by atoms with Gasteiger partial charge >= 0.3 is 1.43 Å². The van der Waals surface area contributed by atoms with Gasteiger partial charge in [-0.1, -0.05) is 13.0 Å². The second-order valence-electron chi connectivity index (χ2n) is 17.5. The van der Waals surface area contributed by atoms with Crippen LogP contribution in [0.5, 0.6) is 34.5 Å². The number of ketones is 3. The van der Waals surface area contributed by atoms with Gasteiger partial charge in [0.15, 0.2) is 34.5 Å². The van der Waals surface area contributed by atoms with E-state index < -0.39 is 17.6 Å². The summed E-state index contributed by atoms with van der Waals surface area (Å²) in [6.45, 7) is 2.10. The molecule has 345 valence electrons. The number of rotatable bonds is 5. The zero-order valence-corrected chi connectivity index (χ0v) is 42.1. The number of aromatic hydroxyl groups is 4. The molecular formula is C49H49AcN4O13+. The third-order valence-corrected chi connectivity index (χ3v) is 14.1. The van der Waals surface area contributed by atoms with Crippen LogP contribution in [0.4, 0.5) is 0 Å². The Morgan fingerprint density at radius 2 is 1.40 bits per heavy atom. The molecule has 4 unspecified atom stereocenters. The van der Waals surface area contributed by atoms with Crippen LogP contribution in [0.2, 0.25) is 0 Å². The Bertz CT molecular complexity index is 3230. The molecule has 1 radical (unpaired) electrons. The number of benzene rings is 2. The fourth-order valence-electron chi connectivity index (χ4n) is 10.9. The number of nitrogens with one attached hydrogen (secondary N) is 3. The number of methoxy groups -OCH3 is 4. The molecule has 7 aliphatic rings. The number of hydrogen-bond donors (Lipinski definition) is 9. The fourth-order valence-corrected chi connectivity index (χ4v) is 10.9. The van der Waals surface area contributed by atoms with Crippen molar-refractivity contribution in [2.75, 3.05) is 28.4 Å². The van der Waals surface area contributed by atoms with E-state index in [0.717, 1.165) is 59.3 Å². The van der Waals surface area contributed by atoms with Crippen LogP contribution in [-0.2, 0) is 34.3 Å². The fraction of sp³-hybridized carbons (Fsp3) is 0.347. The Kier molecular flexibility index (Phi) is 11.8. The number of carbonyl (C=O) groups is 3. The number of aliphatic hydroxyl groups is 2. The molecule has 9 N–H and O–H groups in total. The van der Waals surface area contributed by atoms with Crippen molar-refractivity contribution in [3.05, 3.63) is 114 Å². The first kappa shape index (κ1) is 46.3. The van der Waals surface area contributed by atoms with Crippen molar-refractivity contribution in [3.8, 4) is 34.5 Å². The van der Waals surface area contributed by atoms with Crippen LogP contribution >= 0.6 is 0 Å². The van der Waals surface area contributed by atoms with Gasteiger partial charge in [-0.25, -0.2) is 4.99 Å². The molecule has 5 aromatic rings. The van der Waals surface area contributed by atoms with E-state index in [0.29, 0.717) is 75.4 Å². The van der Waals surface area contributed by atoms with Crippen molar-refractivity contribution >= 4 is 33.8 Å². The Morgan fingerprint density at radius 1 is 0.746 bits per heavy atom. The first-order valence-corrected chi connectivity index (χ1v) is 21.8. The molecule has 6 aliphatic carbocycles. The van der Waals surface area contributed by atoms with E-state index in [2.05, 4.69) is 26.9 Å². The smallest absolute Gasteiger partial charge is 0.506 e. The Morgan fingerprint density at radius 3 is 2.12 bits per heavy atom. The molecule has 4 atom stereocenters. The molecule has 0 saturated carbocycles. The molecular weight excluding hydrogens is 1080 g/mol. The number of aliphatic hydroxyl groups excluding tert-OH is 1. The third kappa shape index (κ3) is 6.88. The normalized spacial score (nSPS) is 22.3. The third-order valence-electron chi connectivity index (χ3n) is 14.1. The number of phenols is 4. The number of carbonyl (C=O) groups excluding carboxylic acids is 3. The van der Waals surface area contributed by atoms with Crippen molar-refractivity contribution in [2.24, 2.45) is 4.99 Å². The van der Waals surface area contributed by atoms with Crippen LogP contribution in [0.25, 0.3) is 16.5 Å². The van der Waals surface area contributed by atoms with Crippen LogP contribution in [0.15, 0.2) is 52.6 Å². The summed E-state index contributed by atoms with van der Waals surface area (Å²) in [5, 5.41) is 63.3. The van der Waals surface area contributed by atoms with Gasteiger partial charge in [0.05, 0.1) is 78.9 Å². The molecule has 67 heavy (non-hydrogen) atoms. The first-order chi connectivity index (χ1) is 31.6. The number of aromatic nitrogens is 3. The van der Waals surface area contributed by atoms with E-state index in [1.807, 2.05) is 6.08 Å². The largest absolute Gasteiger partial charge is 1.00 e. The molecule has 0 saturated heterocycles. The van der Waals surface area contributed by atoms with Gasteiger partial charge in [0.25, 0.3) is 0 Å². The topological polar surface area (TPSA) is 269 Å². The second kappa shape index (κ2) is 17.1. The molecule has 0 spiro atoms. The van der Waals surface area contributed by atoms with E-state index in [9.17, 15) is 45.0 Å². The average Bonchev–Trinajstić information content (AvgIpc) is 4.16. The first-order valence-electron chi connectivity index (χ1n) is 21.8. The summed E-state index contributed by atoms with van der Waals surface area (Å²) in [5.74, 6) is -0.355. The summed E-state index contributed by atoms with van der Waals surface area (Å²) in [7, 11) is 5.68. The Hall–Kier alpha value is -5.80. The number of aromatic amines is 3. The van der Waals surface area contributed by atoms with E-state index in [1.54, 1.807) is 0 Å². The summed E-state index contributed by atoms with van der Waals surface area (Å²) in [6, 6.07) is 2.75. The van der Waals surface area contributed by atoms with Gasteiger partial charge in [-0.3, -0.25) is 14.4 Å². The zero-order valence-electron chi connectivity index (χ0n) is 38.3. The predicted octanol–water partition coefficient (Wildman–Crippen LogP) is 5.19. The Balaban J connectivity index is 0.000000150. The number of allylic oxidation sites excluding steroid dienone is 5. The molecule has 1 aliphatic heterocycles. The van der Waals surface area contributed by atoms with Gasteiger partial charge < -0.3 is 64.5 Å². The van der Waals surface area contributed by atoms with E-state index in [4.69, 9.17) is 18.9 Å². The second-order valence-corrected chi connectivity index (χ2v) is 17.5. The number of fused-ring (bicyclic) bond motifs is 11. The monoisotopic (exact) mass is 1130 g/mol. The van der Waals surface area contributed by atoms with Crippen molar-refractivity contribution in [2.45, 2.75) is 81.8 Å². The zero-order chi connectivity index (χ0) is 46.7. The summed E-state index contributed by atoms with van der Waals surface area (Å²) in [4.78, 5) is 52.6. The predicted molar refractivity (Wildman–Crippen MR) is 237 cm³/mol. The number of H-pyrrole nitrogens is 3. The van der Waals surface area contributed by atoms with Crippen LogP contribution in [0.1, 0.15) is 129 Å². The molecule has 17 nitrogen and oxygen atoms in total. The van der Waals surface area contributed by atoms with Gasteiger partial charge in [0, 0.05) is 85.3 Å². The SMILES string of the molecule is COC1=CC(=O)c2[nH]c3c(c2C1=O)CCC3C1(O)C=C(OC)C(=O)c2c1[nH]c1c2CCC1C.COc1cc(O)c2[nH]c3c(c2c1O)CCC3O.COc1cc(O)c2c(c1O)=C1CCC=C1N=2.[Ac].[H+]. The maximum absolute atomic E-state index is 13.2. The minimum Gasteiger partial charge on any atom is -0.506 e. The summed E-state index contributed by atoms with van der Waals surface area (Å²) < 4.78 is 20.5. The number of Topliss-reactive ketones (excluding diaryl/α,β-unsaturated/α-hetero) is 2. The standard InChI is InChI=1S/C25H24N2O6.C12H13NO4.C12H11NO3.Ac/c1-10-4-5-12-18-23(30)16(33-3)9-25(31,24(18)27-19(10)12)13-7-6-11-17-21(26-20(11)13)14(28)8-15(32-2)22(17)29;1-17-8-4-7(15)11-9(12(8)16)5-2-3-6(14)10(5)13-11;1-16-9-5-8(14)11-10(12(9)15)6-3-2-4-7(6)13-11;/h8-10,13,26-27,31H,4-7H2,1-3H3;4,6,13-16H,2-3H2,1H3;4-5,14-15H,2-3H2,1H3;/p+1. The van der Waals surface area contributed by atoms with E-state index in [-0.39, 0.29) is 120 Å². The summed E-state index contributed by atoms with van der Waals surface area (Å²) in [5.41, 5.74) is 7.14. The van der Waals surface area contributed by atoms with Gasteiger partial charge in [-0.2, -0.15) is 0 Å². The average molecular weight is 1130 g/mol. The molecule has 3 aromatic heterocycles. The van der Waals surface area contributed by atoms with Gasteiger partial charge in [-0.15, -0.1) is 0 Å². The van der Waals surface area contributed by atoms with Crippen molar-refractivity contribution in [3.63, 3.8) is 0 Å². The summed E-state index contributed by atoms with van der Waals surface area (Å²) in [6.07, 6.45) is 10.0. The van der Waals surface area contributed by atoms with Crippen molar-refractivity contribution < 1.29 is 109 Å². The van der Waals surface area contributed by atoms with Gasteiger partial charge in [0.2, 0.25) is 17.3 Å². The number of phenolic OH excluding ortho intramolecular Hbond substituents is 4. The Labute approximate surface area is 419 Å². The number of nitrogens with zero attached hydrogens (tertiary/aromatic N) is 1. The summed E-state index contributed by atoms with van der Waals surface area (Å²) >= 11 is 0. The van der Waals surface area contributed by atoms with Crippen LogP contribution in [0, 0.1) is 44.1 Å². The van der Waals surface area contributed by atoms with Crippen molar-refractivity contribution in [1.82, 2.24) is 15.0 Å². The molecule has 0 fully saturated rings. The number of hydrogen-bond acceptors (Lipinski definition) is 14. The maximum Gasteiger partial charge on any atom is 1.00 e. The van der Waals surface area contributed by atoms with Crippen molar-refractivity contribution in [1.29, 1.82) is 0 Å². The van der Waals surface area contributed by atoms with Gasteiger partial charge in [0.1, 0.15) is 22.5 Å². The minimum absolute atomic E-state index is 0. The number of aryl methyl sites for hydroxylation is 1. The molecule has 4 heterocycles. The number of ether oxygens (including phenoxy) is 4. The minimum atomic E-state index is -1.55. The molecule has 0 bridgehead atoms. The molecule has 12 rings (SSSR count). The molecule has 0 amide bonds. The maximum atomic E-state index is 13.2. The van der Waals surface area contributed by atoms with E-state index >= 15 is 0 Å².